The first kappa shape index (κ1) is 19.9. The molecule has 1 amide bonds. The first-order valence-corrected chi connectivity index (χ1v) is 8.81. The van der Waals surface area contributed by atoms with Gasteiger partial charge in [0.05, 0.1) is 32.7 Å². The fourth-order valence-corrected chi connectivity index (χ4v) is 2.70. The van der Waals surface area contributed by atoms with Crippen LogP contribution in [0.2, 0.25) is 0 Å². The summed E-state index contributed by atoms with van der Waals surface area (Å²) in [6, 6.07) is 12.4. The second-order valence-corrected chi connectivity index (χ2v) is 6.14. The number of hydrogen-bond acceptors (Lipinski definition) is 7. The molecule has 2 N–H and O–H groups in total. The summed E-state index contributed by atoms with van der Waals surface area (Å²) in [6.45, 7) is 1.98. The van der Waals surface area contributed by atoms with Crippen molar-refractivity contribution in [3.05, 3.63) is 60.0 Å². The Morgan fingerprint density at radius 3 is 2.38 bits per heavy atom. The maximum atomic E-state index is 12.7. The van der Waals surface area contributed by atoms with Crippen molar-refractivity contribution >= 4 is 23.1 Å². The number of rotatable bonds is 7. The smallest absolute Gasteiger partial charge is 0.274 e. The van der Waals surface area contributed by atoms with E-state index in [1.54, 1.807) is 38.5 Å². The summed E-state index contributed by atoms with van der Waals surface area (Å²) in [5.74, 6) is 1.85. The van der Waals surface area contributed by atoms with Crippen molar-refractivity contribution in [3.8, 4) is 17.2 Å². The van der Waals surface area contributed by atoms with Crippen LogP contribution in [0.1, 0.15) is 16.1 Å². The molecule has 29 heavy (non-hydrogen) atoms. The predicted molar refractivity (Wildman–Crippen MR) is 111 cm³/mol. The highest BCUT2D eigenvalue weighted by Gasteiger charge is 2.14. The lowest BCUT2D eigenvalue weighted by molar-refractivity contribution is 0.102. The van der Waals surface area contributed by atoms with E-state index in [4.69, 9.17) is 14.2 Å². The van der Waals surface area contributed by atoms with Gasteiger partial charge in [-0.25, -0.2) is 9.97 Å². The van der Waals surface area contributed by atoms with Crippen molar-refractivity contribution in [3.63, 3.8) is 0 Å². The lowest BCUT2D eigenvalue weighted by atomic mass is 10.2. The van der Waals surface area contributed by atoms with Crippen LogP contribution in [-0.4, -0.2) is 37.2 Å². The fraction of sp³-hybridized carbons (Fsp3) is 0.190. The Bertz CT molecular complexity index is 1020. The predicted octanol–water partition coefficient (Wildman–Crippen LogP) is 3.81. The van der Waals surface area contributed by atoms with Gasteiger partial charge in [-0.15, -0.1) is 0 Å². The number of amides is 1. The molecule has 3 aromatic rings. The van der Waals surface area contributed by atoms with E-state index in [1.165, 1.54) is 13.4 Å². The molecule has 1 aromatic heterocycles. The van der Waals surface area contributed by atoms with Gasteiger partial charge in [-0.3, -0.25) is 4.79 Å². The van der Waals surface area contributed by atoms with Crippen LogP contribution in [0, 0.1) is 6.92 Å². The Hall–Kier alpha value is -3.81. The van der Waals surface area contributed by atoms with E-state index in [9.17, 15) is 4.79 Å². The third-order valence-electron chi connectivity index (χ3n) is 4.17. The molecule has 0 spiro atoms. The number of methoxy groups -OCH3 is 3. The number of ether oxygens (including phenoxy) is 3. The standard InChI is InChI=1S/C21H22N4O4/c1-13-5-8-18(28-3)16(9-13)24-20-11-17(22-12-23-20)21(26)25-15-7-6-14(27-2)10-19(15)29-4/h5-12H,1-4H3,(H,25,26)(H,22,23,24). The average Bonchev–Trinajstić information content (AvgIpc) is 2.74. The summed E-state index contributed by atoms with van der Waals surface area (Å²) < 4.78 is 15.8. The molecule has 0 fully saturated rings. The molecule has 8 heteroatoms. The van der Waals surface area contributed by atoms with Crippen LogP contribution in [-0.2, 0) is 0 Å². The van der Waals surface area contributed by atoms with Gasteiger partial charge in [-0.05, 0) is 36.8 Å². The lowest BCUT2D eigenvalue weighted by Gasteiger charge is -2.13. The number of nitrogens with one attached hydrogen (secondary N) is 2. The van der Waals surface area contributed by atoms with Gasteiger partial charge >= 0.3 is 0 Å². The number of benzene rings is 2. The van der Waals surface area contributed by atoms with Crippen molar-refractivity contribution in [1.82, 2.24) is 9.97 Å². The zero-order chi connectivity index (χ0) is 20.8. The first-order chi connectivity index (χ1) is 14.0. The largest absolute Gasteiger partial charge is 0.497 e. The normalized spacial score (nSPS) is 10.2. The van der Waals surface area contributed by atoms with E-state index >= 15 is 0 Å². The van der Waals surface area contributed by atoms with Gasteiger partial charge < -0.3 is 24.8 Å². The van der Waals surface area contributed by atoms with Crippen molar-refractivity contribution < 1.29 is 19.0 Å². The third kappa shape index (κ3) is 4.73. The number of nitrogens with zero attached hydrogens (tertiary/aromatic N) is 2. The van der Waals surface area contributed by atoms with Crippen LogP contribution < -0.4 is 24.8 Å². The van der Waals surface area contributed by atoms with Crippen molar-refractivity contribution in [1.29, 1.82) is 0 Å². The van der Waals surface area contributed by atoms with E-state index in [-0.39, 0.29) is 5.69 Å². The Morgan fingerprint density at radius 1 is 0.862 bits per heavy atom. The Kier molecular flexibility index (Phi) is 6.13. The molecule has 0 saturated carbocycles. The molecule has 0 aliphatic rings. The molecule has 150 valence electrons. The molecule has 8 nitrogen and oxygen atoms in total. The maximum Gasteiger partial charge on any atom is 0.274 e. The molecule has 0 aliphatic heterocycles. The number of anilines is 3. The third-order valence-corrected chi connectivity index (χ3v) is 4.17. The fourth-order valence-electron chi connectivity index (χ4n) is 2.70. The topological polar surface area (TPSA) is 94.6 Å². The molecule has 0 bridgehead atoms. The molecule has 2 aromatic carbocycles. The maximum absolute atomic E-state index is 12.7. The molecule has 0 unspecified atom stereocenters. The zero-order valence-electron chi connectivity index (χ0n) is 16.6. The molecular formula is C21H22N4O4. The zero-order valence-corrected chi connectivity index (χ0v) is 16.6. The first-order valence-electron chi connectivity index (χ1n) is 8.81. The molecule has 1 heterocycles. The minimum absolute atomic E-state index is 0.201. The quantitative estimate of drug-likeness (QED) is 0.629. The van der Waals surface area contributed by atoms with Crippen LogP contribution in [0.5, 0.6) is 17.2 Å². The van der Waals surface area contributed by atoms with Gasteiger partial charge in [0, 0.05) is 12.1 Å². The van der Waals surface area contributed by atoms with E-state index in [2.05, 4.69) is 20.6 Å². The summed E-state index contributed by atoms with van der Waals surface area (Å²) in [7, 11) is 4.68. The number of hydrogen-bond donors (Lipinski definition) is 2. The van der Waals surface area contributed by atoms with Crippen molar-refractivity contribution in [2.24, 2.45) is 0 Å². The molecule has 0 aliphatic carbocycles. The highest BCUT2D eigenvalue weighted by atomic mass is 16.5. The number of aromatic nitrogens is 2. The Morgan fingerprint density at radius 2 is 1.66 bits per heavy atom. The average molecular weight is 394 g/mol. The monoisotopic (exact) mass is 394 g/mol. The van der Waals surface area contributed by atoms with Crippen LogP contribution >= 0.6 is 0 Å². The molecule has 0 atom stereocenters. The summed E-state index contributed by atoms with van der Waals surface area (Å²) in [5, 5.41) is 5.95. The second-order valence-electron chi connectivity index (χ2n) is 6.14. The Balaban J connectivity index is 1.81. The highest BCUT2D eigenvalue weighted by Crippen LogP contribution is 2.30. The highest BCUT2D eigenvalue weighted by molar-refractivity contribution is 6.04. The van der Waals surface area contributed by atoms with Crippen LogP contribution in [0.25, 0.3) is 0 Å². The van der Waals surface area contributed by atoms with Gasteiger partial charge in [-0.2, -0.15) is 0 Å². The van der Waals surface area contributed by atoms with E-state index in [0.29, 0.717) is 28.8 Å². The lowest BCUT2D eigenvalue weighted by Crippen LogP contribution is -2.15. The van der Waals surface area contributed by atoms with Gasteiger partial charge in [0.15, 0.2) is 0 Å². The van der Waals surface area contributed by atoms with Crippen molar-refractivity contribution in [2.75, 3.05) is 32.0 Å². The summed E-state index contributed by atoms with van der Waals surface area (Å²) in [6.07, 6.45) is 1.32. The molecule has 0 saturated heterocycles. The van der Waals surface area contributed by atoms with Crippen molar-refractivity contribution in [2.45, 2.75) is 6.92 Å². The van der Waals surface area contributed by atoms with Gasteiger partial charge in [0.25, 0.3) is 5.91 Å². The van der Waals surface area contributed by atoms with Gasteiger partial charge in [0.2, 0.25) is 0 Å². The van der Waals surface area contributed by atoms with Crippen LogP contribution in [0.15, 0.2) is 48.8 Å². The van der Waals surface area contributed by atoms with Gasteiger partial charge in [0.1, 0.15) is 35.1 Å². The molecule has 3 rings (SSSR count). The number of aryl methyl sites for hydroxylation is 1. The van der Waals surface area contributed by atoms with E-state index in [1.807, 2.05) is 25.1 Å². The molecular weight excluding hydrogens is 372 g/mol. The van der Waals surface area contributed by atoms with E-state index in [0.717, 1.165) is 11.3 Å². The van der Waals surface area contributed by atoms with Crippen LogP contribution in [0.4, 0.5) is 17.2 Å². The minimum atomic E-state index is -0.393. The number of carbonyl (C=O) groups is 1. The SMILES string of the molecule is COc1ccc(NC(=O)c2cc(Nc3cc(C)ccc3OC)ncn2)c(OC)c1. The summed E-state index contributed by atoms with van der Waals surface area (Å²) in [5.41, 5.74) is 2.51. The number of carbonyl (C=O) groups excluding carboxylic acids is 1. The van der Waals surface area contributed by atoms with Gasteiger partial charge in [-0.1, -0.05) is 6.07 Å². The van der Waals surface area contributed by atoms with Crippen LogP contribution in [0.3, 0.4) is 0 Å². The summed E-state index contributed by atoms with van der Waals surface area (Å²) in [4.78, 5) is 20.9. The summed E-state index contributed by atoms with van der Waals surface area (Å²) >= 11 is 0. The minimum Gasteiger partial charge on any atom is -0.497 e. The Labute approximate surface area is 168 Å². The van der Waals surface area contributed by atoms with E-state index < -0.39 is 5.91 Å². The molecule has 0 radical (unpaired) electrons. The second kappa shape index (κ2) is 8.92.